The van der Waals surface area contributed by atoms with E-state index in [2.05, 4.69) is 0 Å². The lowest BCUT2D eigenvalue weighted by atomic mass is 10.3. The molecule has 0 radical (unpaired) electrons. The summed E-state index contributed by atoms with van der Waals surface area (Å²) < 4.78 is 47.4. The third kappa shape index (κ3) is 3.95. The largest absolute Gasteiger partial charge is 0.494 e. The standard InChI is InChI=1S/C14H12FNO6S/c1-2-21-11-4-6-12(7-5-11)23(19,20)22-14-9-10(15)3-8-13(14)16(17)18/h3-9H,2H2,1H3. The number of rotatable bonds is 6. The molecule has 0 aliphatic carbocycles. The number of halogens is 1. The van der Waals surface area contributed by atoms with E-state index in [4.69, 9.17) is 8.92 Å². The van der Waals surface area contributed by atoms with Gasteiger partial charge in [0, 0.05) is 12.1 Å². The summed E-state index contributed by atoms with van der Waals surface area (Å²) in [5, 5.41) is 10.9. The molecule has 9 heteroatoms. The van der Waals surface area contributed by atoms with Crippen LogP contribution < -0.4 is 8.92 Å². The summed E-state index contributed by atoms with van der Waals surface area (Å²) in [5.41, 5.74) is -0.652. The zero-order valence-electron chi connectivity index (χ0n) is 11.9. The molecule has 23 heavy (non-hydrogen) atoms. The van der Waals surface area contributed by atoms with Crippen LogP contribution in [-0.2, 0) is 10.1 Å². The fourth-order valence-electron chi connectivity index (χ4n) is 1.74. The summed E-state index contributed by atoms with van der Waals surface area (Å²) in [6.45, 7) is 2.19. The van der Waals surface area contributed by atoms with Crippen LogP contribution in [-0.4, -0.2) is 19.9 Å². The minimum Gasteiger partial charge on any atom is -0.494 e. The molecule has 0 aliphatic heterocycles. The molecule has 2 aromatic rings. The molecular weight excluding hydrogens is 329 g/mol. The van der Waals surface area contributed by atoms with Crippen LogP contribution in [0, 0.1) is 15.9 Å². The number of nitro benzene ring substituents is 1. The van der Waals surface area contributed by atoms with Crippen LogP contribution in [0.4, 0.5) is 10.1 Å². The SMILES string of the molecule is CCOc1ccc(S(=O)(=O)Oc2cc(F)ccc2[N+](=O)[O-])cc1. The number of ether oxygens (including phenoxy) is 1. The molecule has 0 saturated carbocycles. The van der Waals surface area contributed by atoms with Gasteiger partial charge in [0.25, 0.3) is 0 Å². The van der Waals surface area contributed by atoms with Gasteiger partial charge >= 0.3 is 15.8 Å². The number of nitro groups is 1. The third-order valence-electron chi connectivity index (χ3n) is 2.74. The van der Waals surface area contributed by atoms with E-state index in [1.54, 1.807) is 6.92 Å². The van der Waals surface area contributed by atoms with E-state index in [0.29, 0.717) is 18.4 Å². The molecule has 0 spiro atoms. The van der Waals surface area contributed by atoms with Crippen molar-refractivity contribution < 1.29 is 26.7 Å². The molecule has 0 fully saturated rings. The van der Waals surface area contributed by atoms with Gasteiger partial charge in [-0.25, -0.2) is 4.39 Å². The Morgan fingerprint density at radius 3 is 2.39 bits per heavy atom. The highest BCUT2D eigenvalue weighted by molar-refractivity contribution is 7.87. The molecule has 0 saturated heterocycles. The number of nitrogens with zero attached hydrogens (tertiary/aromatic N) is 1. The average Bonchev–Trinajstić information content (AvgIpc) is 2.47. The smallest absolute Gasteiger partial charge is 0.339 e. The first-order chi connectivity index (χ1) is 10.8. The molecule has 122 valence electrons. The van der Waals surface area contributed by atoms with Crippen molar-refractivity contribution in [3.05, 3.63) is 58.4 Å². The van der Waals surface area contributed by atoms with Crippen molar-refractivity contribution in [1.82, 2.24) is 0 Å². The summed E-state index contributed by atoms with van der Waals surface area (Å²) >= 11 is 0. The lowest BCUT2D eigenvalue weighted by Gasteiger charge is -2.08. The Hall–Kier alpha value is -2.68. The Kier molecular flexibility index (Phi) is 4.80. The van der Waals surface area contributed by atoms with Gasteiger partial charge in [0.1, 0.15) is 16.5 Å². The van der Waals surface area contributed by atoms with Crippen molar-refractivity contribution in [1.29, 1.82) is 0 Å². The minimum atomic E-state index is -4.34. The fourth-order valence-corrected chi connectivity index (χ4v) is 2.68. The fraction of sp³-hybridized carbons (Fsp3) is 0.143. The molecule has 0 amide bonds. The van der Waals surface area contributed by atoms with E-state index in [1.807, 2.05) is 0 Å². The highest BCUT2D eigenvalue weighted by Gasteiger charge is 2.24. The minimum absolute atomic E-state index is 0.237. The predicted octanol–water partition coefficient (Wildman–Crippen LogP) is 2.90. The van der Waals surface area contributed by atoms with Crippen LogP contribution >= 0.6 is 0 Å². The van der Waals surface area contributed by atoms with Gasteiger partial charge in [0.2, 0.25) is 5.75 Å². The van der Waals surface area contributed by atoms with Crippen molar-refractivity contribution in [2.75, 3.05) is 6.61 Å². The van der Waals surface area contributed by atoms with Crippen molar-refractivity contribution in [3.8, 4) is 11.5 Å². The summed E-state index contributed by atoms with van der Waals surface area (Å²) in [7, 11) is -4.34. The van der Waals surface area contributed by atoms with Gasteiger partial charge in [0.05, 0.1) is 11.5 Å². The van der Waals surface area contributed by atoms with Crippen molar-refractivity contribution >= 4 is 15.8 Å². The first-order valence-electron chi connectivity index (χ1n) is 6.45. The van der Waals surface area contributed by atoms with Crippen LogP contribution in [0.2, 0.25) is 0 Å². The maximum Gasteiger partial charge on any atom is 0.339 e. The lowest BCUT2D eigenvalue weighted by Crippen LogP contribution is -2.11. The van der Waals surface area contributed by atoms with E-state index in [1.165, 1.54) is 24.3 Å². The maximum absolute atomic E-state index is 13.2. The van der Waals surface area contributed by atoms with E-state index in [-0.39, 0.29) is 4.90 Å². The van der Waals surface area contributed by atoms with Gasteiger partial charge in [-0.2, -0.15) is 8.42 Å². The van der Waals surface area contributed by atoms with Crippen LogP contribution in [0.3, 0.4) is 0 Å². The second-order valence-electron chi connectivity index (χ2n) is 4.31. The quantitative estimate of drug-likeness (QED) is 0.455. The van der Waals surface area contributed by atoms with Gasteiger partial charge in [-0.05, 0) is 37.3 Å². The zero-order chi connectivity index (χ0) is 17.0. The van der Waals surface area contributed by atoms with E-state index in [0.717, 1.165) is 12.1 Å². The van der Waals surface area contributed by atoms with Crippen LogP contribution in [0.25, 0.3) is 0 Å². The molecular formula is C14H12FNO6S. The Balaban J connectivity index is 2.34. The number of hydrogen-bond donors (Lipinski definition) is 0. The summed E-state index contributed by atoms with van der Waals surface area (Å²) in [4.78, 5) is 9.77. The molecule has 7 nitrogen and oxygen atoms in total. The third-order valence-corrected chi connectivity index (χ3v) is 3.99. The van der Waals surface area contributed by atoms with Crippen molar-refractivity contribution in [2.24, 2.45) is 0 Å². The molecule has 2 rings (SSSR count). The Morgan fingerprint density at radius 1 is 1.17 bits per heavy atom. The Labute approximate surface area is 131 Å². The van der Waals surface area contributed by atoms with E-state index < -0.39 is 32.3 Å². The van der Waals surface area contributed by atoms with Gasteiger partial charge < -0.3 is 8.92 Å². The second-order valence-corrected chi connectivity index (χ2v) is 5.86. The van der Waals surface area contributed by atoms with Crippen LogP contribution in [0.1, 0.15) is 6.92 Å². The van der Waals surface area contributed by atoms with Crippen LogP contribution in [0.15, 0.2) is 47.4 Å². The number of benzene rings is 2. The summed E-state index contributed by atoms with van der Waals surface area (Å²) in [6.07, 6.45) is 0. The Morgan fingerprint density at radius 2 is 1.83 bits per heavy atom. The first kappa shape index (κ1) is 16.7. The van der Waals surface area contributed by atoms with Gasteiger partial charge in [-0.3, -0.25) is 10.1 Å². The van der Waals surface area contributed by atoms with Gasteiger partial charge in [-0.1, -0.05) is 0 Å². The molecule has 0 atom stereocenters. The molecule has 0 aliphatic rings. The molecule has 0 aromatic heterocycles. The Bertz CT molecular complexity index is 820. The molecule has 0 unspecified atom stereocenters. The zero-order valence-corrected chi connectivity index (χ0v) is 12.7. The van der Waals surface area contributed by atoms with Gasteiger partial charge in [-0.15, -0.1) is 0 Å². The predicted molar refractivity (Wildman–Crippen MR) is 78.5 cm³/mol. The lowest BCUT2D eigenvalue weighted by molar-refractivity contribution is -0.385. The molecule has 0 heterocycles. The number of hydrogen-bond acceptors (Lipinski definition) is 6. The monoisotopic (exact) mass is 341 g/mol. The maximum atomic E-state index is 13.2. The highest BCUT2D eigenvalue weighted by atomic mass is 32.2. The summed E-state index contributed by atoms with van der Waals surface area (Å²) in [6, 6.07) is 7.60. The van der Waals surface area contributed by atoms with Crippen LogP contribution in [0.5, 0.6) is 11.5 Å². The van der Waals surface area contributed by atoms with E-state index in [9.17, 15) is 22.9 Å². The molecule has 2 aromatic carbocycles. The molecule has 0 bridgehead atoms. The van der Waals surface area contributed by atoms with Gasteiger partial charge in [0.15, 0.2) is 0 Å². The first-order valence-corrected chi connectivity index (χ1v) is 7.85. The molecule has 0 N–H and O–H groups in total. The second kappa shape index (κ2) is 6.61. The normalized spacial score (nSPS) is 11.0. The topological polar surface area (TPSA) is 95.7 Å². The summed E-state index contributed by atoms with van der Waals surface area (Å²) in [5.74, 6) is -1.08. The average molecular weight is 341 g/mol. The van der Waals surface area contributed by atoms with Crippen molar-refractivity contribution in [2.45, 2.75) is 11.8 Å². The van der Waals surface area contributed by atoms with E-state index >= 15 is 0 Å². The highest BCUT2D eigenvalue weighted by Crippen LogP contribution is 2.30. The van der Waals surface area contributed by atoms with Crippen molar-refractivity contribution in [3.63, 3.8) is 0 Å².